The van der Waals surface area contributed by atoms with Gasteiger partial charge in [-0.2, -0.15) is 5.10 Å². The number of hydrogen-bond acceptors (Lipinski definition) is 4. The zero-order valence-corrected chi connectivity index (χ0v) is 12.5. The van der Waals surface area contributed by atoms with Gasteiger partial charge < -0.3 is 9.84 Å². The lowest BCUT2D eigenvalue weighted by atomic mass is 10.1. The fourth-order valence-electron chi connectivity index (χ4n) is 2.01. The van der Waals surface area contributed by atoms with E-state index >= 15 is 0 Å². The fraction of sp³-hybridized carbons (Fsp3) is 0.176. The van der Waals surface area contributed by atoms with Crippen molar-refractivity contribution in [1.82, 2.24) is 0 Å². The van der Waals surface area contributed by atoms with Crippen LogP contribution in [0.4, 0.5) is 5.69 Å². The van der Waals surface area contributed by atoms with Crippen LogP contribution in [0.25, 0.3) is 0 Å². The van der Waals surface area contributed by atoms with Crippen molar-refractivity contribution in [3.63, 3.8) is 0 Å². The minimum Gasteiger partial charge on any atom is -0.496 e. The van der Waals surface area contributed by atoms with Crippen molar-refractivity contribution < 1.29 is 14.6 Å². The fourth-order valence-corrected chi connectivity index (χ4v) is 2.01. The molecule has 0 radical (unpaired) electrons. The van der Waals surface area contributed by atoms with Crippen LogP contribution in [0.15, 0.2) is 53.6 Å². The second-order valence-electron chi connectivity index (χ2n) is 4.83. The van der Waals surface area contributed by atoms with Gasteiger partial charge in [-0.15, -0.1) is 0 Å². The summed E-state index contributed by atoms with van der Waals surface area (Å²) in [6.45, 7) is 1.92. The van der Waals surface area contributed by atoms with Crippen LogP contribution in [0.3, 0.4) is 0 Å². The van der Waals surface area contributed by atoms with E-state index in [2.05, 4.69) is 10.5 Å². The van der Waals surface area contributed by atoms with Gasteiger partial charge in [-0.1, -0.05) is 18.2 Å². The first kappa shape index (κ1) is 15.6. The van der Waals surface area contributed by atoms with Crippen LogP contribution in [0, 0.1) is 0 Å². The highest BCUT2D eigenvalue weighted by atomic mass is 16.5. The van der Waals surface area contributed by atoms with Crippen LogP contribution in [0.5, 0.6) is 5.75 Å². The molecular weight excluding hydrogens is 280 g/mol. The highest BCUT2D eigenvalue weighted by Gasteiger charge is 2.04. The lowest BCUT2D eigenvalue weighted by Gasteiger charge is -2.08. The third kappa shape index (κ3) is 4.09. The van der Waals surface area contributed by atoms with Gasteiger partial charge in [0.1, 0.15) is 5.75 Å². The van der Waals surface area contributed by atoms with E-state index in [9.17, 15) is 4.79 Å². The number of benzene rings is 2. The zero-order valence-electron chi connectivity index (χ0n) is 12.5. The summed E-state index contributed by atoms with van der Waals surface area (Å²) in [5.41, 5.74) is 5.87. The lowest BCUT2D eigenvalue weighted by Crippen LogP contribution is -2.03. The molecule has 0 aliphatic heterocycles. The predicted octanol–water partition coefficient (Wildman–Crippen LogP) is 3.42. The molecule has 114 valence electrons. The molecule has 2 aromatic carbocycles. The second kappa shape index (κ2) is 7.26. The summed E-state index contributed by atoms with van der Waals surface area (Å²) in [4.78, 5) is 10.8. The van der Waals surface area contributed by atoms with Gasteiger partial charge in [0, 0.05) is 12.1 Å². The topological polar surface area (TPSA) is 70.9 Å². The average molecular weight is 298 g/mol. The summed E-state index contributed by atoms with van der Waals surface area (Å²) in [6, 6.07) is 14.2. The summed E-state index contributed by atoms with van der Waals surface area (Å²) >= 11 is 0. The molecule has 0 aromatic heterocycles. The Morgan fingerprint density at radius 2 is 1.86 bits per heavy atom. The smallest absolute Gasteiger partial charge is 0.335 e. The second-order valence-corrected chi connectivity index (χ2v) is 4.83. The summed E-state index contributed by atoms with van der Waals surface area (Å²) in [6.07, 6.45) is 0.671. The molecule has 0 unspecified atom stereocenters. The Balaban J connectivity index is 2.02. The molecular formula is C17H18N2O3. The van der Waals surface area contributed by atoms with E-state index in [0.29, 0.717) is 6.42 Å². The number of methoxy groups -OCH3 is 1. The Kier molecular flexibility index (Phi) is 5.14. The summed E-state index contributed by atoms with van der Waals surface area (Å²) in [5, 5.41) is 13.2. The Labute approximate surface area is 129 Å². The molecule has 0 aliphatic rings. The van der Waals surface area contributed by atoms with Gasteiger partial charge in [-0.25, -0.2) is 4.79 Å². The minimum atomic E-state index is -0.942. The number of ether oxygens (including phenoxy) is 1. The van der Waals surface area contributed by atoms with Crippen molar-refractivity contribution in [1.29, 1.82) is 0 Å². The number of rotatable bonds is 6. The number of para-hydroxylation sites is 1. The Hall–Kier alpha value is -2.82. The maximum Gasteiger partial charge on any atom is 0.335 e. The molecule has 0 saturated carbocycles. The number of carboxylic acid groups (broad SMARTS) is 1. The van der Waals surface area contributed by atoms with E-state index in [1.54, 1.807) is 19.2 Å². The first-order valence-electron chi connectivity index (χ1n) is 6.84. The number of aromatic carboxylic acids is 1. The highest BCUT2D eigenvalue weighted by molar-refractivity contribution is 5.88. The van der Waals surface area contributed by atoms with Crippen LogP contribution in [0.1, 0.15) is 22.8 Å². The van der Waals surface area contributed by atoms with Gasteiger partial charge in [-0.3, -0.25) is 5.43 Å². The zero-order chi connectivity index (χ0) is 15.9. The van der Waals surface area contributed by atoms with Crippen LogP contribution in [0.2, 0.25) is 0 Å². The quantitative estimate of drug-likeness (QED) is 0.633. The van der Waals surface area contributed by atoms with Gasteiger partial charge in [0.25, 0.3) is 0 Å². The molecule has 2 rings (SSSR count). The number of hydrazone groups is 1. The van der Waals surface area contributed by atoms with Crippen molar-refractivity contribution in [3.05, 3.63) is 59.7 Å². The average Bonchev–Trinajstić information content (AvgIpc) is 2.54. The minimum absolute atomic E-state index is 0.250. The lowest BCUT2D eigenvalue weighted by molar-refractivity contribution is 0.0697. The predicted molar refractivity (Wildman–Crippen MR) is 86.8 cm³/mol. The van der Waals surface area contributed by atoms with Crippen molar-refractivity contribution in [2.24, 2.45) is 5.10 Å². The first-order valence-corrected chi connectivity index (χ1v) is 6.84. The van der Waals surface area contributed by atoms with Crippen LogP contribution < -0.4 is 10.2 Å². The van der Waals surface area contributed by atoms with Crippen molar-refractivity contribution in [2.45, 2.75) is 13.3 Å². The van der Waals surface area contributed by atoms with Crippen molar-refractivity contribution >= 4 is 17.4 Å². The SMILES string of the molecule is COc1ccccc1C/C(C)=N\Nc1ccc(C(=O)O)cc1. The summed E-state index contributed by atoms with van der Waals surface area (Å²) in [5.74, 6) is -0.106. The molecule has 0 amide bonds. The Morgan fingerprint density at radius 3 is 2.50 bits per heavy atom. The Bertz CT molecular complexity index is 679. The maximum atomic E-state index is 10.8. The largest absolute Gasteiger partial charge is 0.496 e. The highest BCUT2D eigenvalue weighted by Crippen LogP contribution is 2.18. The van der Waals surface area contributed by atoms with E-state index < -0.39 is 5.97 Å². The summed E-state index contributed by atoms with van der Waals surface area (Å²) < 4.78 is 5.31. The monoisotopic (exact) mass is 298 g/mol. The number of anilines is 1. The van der Waals surface area contributed by atoms with Gasteiger partial charge >= 0.3 is 5.97 Å². The standard InChI is InChI=1S/C17H18N2O3/c1-12(11-14-5-3-4-6-16(14)22-2)18-19-15-9-7-13(8-10-15)17(20)21/h3-10,19H,11H2,1-2H3,(H,20,21)/b18-12-. The molecule has 0 aliphatic carbocycles. The van der Waals surface area contributed by atoms with E-state index in [-0.39, 0.29) is 5.56 Å². The molecule has 2 N–H and O–H groups in total. The molecule has 0 bridgehead atoms. The number of carbonyl (C=O) groups is 1. The number of carboxylic acids is 1. The molecule has 0 heterocycles. The van der Waals surface area contributed by atoms with Crippen LogP contribution in [-0.2, 0) is 6.42 Å². The molecule has 0 saturated heterocycles. The normalized spacial score (nSPS) is 11.1. The Morgan fingerprint density at radius 1 is 1.18 bits per heavy atom. The molecule has 22 heavy (non-hydrogen) atoms. The molecule has 0 atom stereocenters. The van der Waals surface area contributed by atoms with E-state index in [1.165, 1.54) is 12.1 Å². The summed E-state index contributed by atoms with van der Waals surface area (Å²) in [7, 11) is 1.65. The number of hydrogen-bond donors (Lipinski definition) is 2. The van der Waals surface area contributed by atoms with Gasteiger partial charge in [0.05, 0.1) is 18.4 Å². The number of nitrogens with one attached hydrogen (secondary N) is 1. The van der Waals surface area contributed by atoms with Crippen molar-refractivity contribution in [2.75, 3.05) is 12.5 Å². The van der Waals surface area contributed by atoms with Gasteiger partial charge in [-0.05, 0) is 42.8 Å². The third-order valence-electron chi connectivity index (χ3n) is 3.15. The molecule has 0 fully saturated rings. The van der Waals surface area contributed by atoms with Crippen LogP contribution >= 0.6 is 0 Å². The molecule has 5 nitrogen and oxygen atoms in total. The van der Waals surface area contributed by atoms with E-state index in [1.807, 2.05) is 31.2 Å². The number of nitrogens with zero attached hydrogens (tertiary/aromatic N) is 1. The van der Waals surface area contributed by atoms with Gasteiger partial charge in [0.15, 0.2) is 0 Å². The maximum absolute atomic E-state index is 10.8. The molecule has 0 spiro atoms. The molecule has 2 aromatic rings. The first-order chi connectivity index (χ1) is 10.6. The molecule has 5 heteroatoms. The van der Waals surface area contributed by atoms with Gasteiger partial charge in [0.2, 0.25) is 0 Å². The van der Waals surface area contributed by atoms with Crippen LogP contribution in [-0.4, -0.2) is 23.9 Å². The third-order valence-corrected chi connectivity index (χ3v) is 3.15. The van der Waals surface area contributed by atoms with Crippen molar-refractivity contribution in [3.8, 4) is 5.75 Å². The van der Waals surface area contributed by atoms with E-state index in [4.69, 9.17) is 9.84 Å². The van der Waals surface area contributed by atoms with E-state index in [0.717, 1.165) is 22.7 Å².